The van der Waals surface area contributed by atoms with Crippen molar-refractivity contribution in [1.82, 2.24) is 0 Å². The lowest BCUT2D eigenvalue weighted by molar-refractivity contribution is -0.117. The number of nitrogens with one attached hydrogen (secondary N) is 1. The Hall–Kier alpha value is -2.69. The molecule has 132 valence electrons. The van der Waals surface area contributed by atoms with Gasteiger partial charge in [-0.05, 0) is 55.8 Å². The summed E-state index contributed by atoms with van der Waals surface area (Å²) in [7, 11) is 3.31. The molecule has 5 heteroatoms. The van der Waals surface area contributed by atoms with Gasteiger partial charge >= 0.3 is 0 Å². The summed E-state index contributed by atoms with van der Waals surface area (Å²) in [6.45, 7) is 3.69. The maximum absolute atomic E-state index is 12.1. The smallest absolute Gasteiger partial charge is 0.224 e. The molecule has 1 amide bonds. The average Bonchev–Trinajstić information content (AvgIpc) is 2.61. The van der Waals surface area contributed by atoms with Crippen LogP contribution in [0.2, 0.25) is 0 Å². The van der Waals surface area contributed by atoms with Crippen molar-refractivity contribution in [2.45, 2.75) is 32.4 Å². The number of benzene rings is 2. The van der Waals surface area contributed by atoms with Gasteiger partial charge in [0.15, 0.2) is 0 Å². The Morgan fingerprint density at radius 3 is 2.32 bits per heavy atom. The van der Waals surface area contributed by atoms with E-state index in [1.807, 2.05) is 47.4 Å². The first-order valence-electron chi connectivity index (χ1n) is 8.41. The van der Waals surface area contributed by atoms with Crippen LogP contribution >= 0.6 is 0 Å². The highest BCUT2D eigenvalue weighted by Gasteiger charge is 2.32. The number of methoxy groups -OCH3 is 2. The zero-order chi connectivity index (χ0) is 18.0. The van der Waals surface area contributed by atoms with E-state index in [-0.39, 0.29) is 18.0 Å². The number of hydrogen-bond donors (Lipinski definition) is 1. The van der Waals surface area contributed by atoms with Crippen LogP contribution in [0, 0.1) is 0 Å². The van der Waals surface area contributed by atoms with Crippen LogP contribution < -0.4 is 19.7 Å². The average molecular weight is 340 g/mol. The molecule has 0 saturated heterocycles. The first-order valence-corrected chi connectivity index (χ1v) is 8.41. The Morgan fingerprint density at radius 1 is 1.08 bits per heavy atom. The van der Waals surface area contributed by atoms with E-state index in [9.17, 15) is 4.79 Å². The van der Waals surface area contributed by atoms with Crippen LogP contribution in [-0.2, 0) is 4.79 Å². The third-order valence-electron chi connectivity index (χ3n) is 4.66. The van der Waals surface area contributed by atoms with Crippen molar-refractivity contribution in [3.8, 4) is 11.5 Å². The second kappa shape index (κ2) is 7.05. The zero-order valence-electron chi connectivity index (χ0n) is 15.1. The molecule has 0 spiro atoms. The molecule has 0 aliphatic carbocycles. The molecule has 2 atom stereocenters. The number of nitrogens with zero attached hydrogens (tertiary/aromatic N) is 1. The van der Waals surface area contributed by atoms with E-state index in [0.29, 0.717) is 0 Å². The van der Waals surface area contributed by atoms with Crippen LogP contribution in [-0.4, -0.2) is 26.2 Å². The Bertz CT molecular complexity index is 758. The zero-order valence-corrected chi connectivity index (χ0v) is 15.1. The monoisotopic (exact) mass is 340 g/mol. The summed E-state index contributed by atoms with van der Waals surface area (Å²) >= 11 is 0. The number of fused-ring (bicyclic) bond motifs is 1. The first-order chi connectivity index (χ1) is 12.0. The number of rotatable bonds is 4. The predicted octanol–water partition coefficient (Wildman–Crippen LogP) is 4.00. The van der Waals surface area contributed by atoms with E-state index in [0.717, 1.165) is 34.9 Å². The van der Waals surface area contributed by atoms with Gasteiger partial charge in [-0.3, -0.25) is 4.79 Å². The number of carbonyl (C=O) groups is 1. The number of hydrogen-bond acceptors (Lipinski definition) is 4. The van der Waals surface area contributed by atoms with Gasteiger partial charge in [0.2, 0.25) is 5.91 Å². The van der Waals surface area contributed by atoms with Gasteiger partial charge in [0, 0.05) is 29.9 Å². The highest BCUT2D eigenvalue weighted by atomic mass is 16.5. The van der Waals surface area contributed by atoms with Crippen LogP contribution in [0.15, 0.2) is 42.5 Å². The molecular weight excluding hydrogens is 316 g/mol. The van der Waals surface area contributed by atoms with Crippen molar-refractivity contribution >= 4 is 17.3 Å². The Morgan fingerprint density at radius 2 is 1.72 bits per heavy atom. The summed E-state index contributed by atoms with van der Waals surface area (Å²) < 4.78 is 10.6. The molecule has 5 nitrogen and oxygen atoms in total. The largest absolute Gasteiger partial charge is 0.497 e. The van der Waals surface area contributed by atoms with Gasteiger partial charge in [-0.15, -0.1) is 0 Å². The molecular formula is C20H24N2O3. The molecule has 1 unspecified atom stereocenters. The van der Waals surface area contributed by atoms with Crippen molar-refractivity contribution in [2.24, 2.45) is 0 Å². The first kappa shape index (κ1) is 17.1. The van der Waals surface area contributed by atoms with Gasteiger partial charge in [0.05, 0.1) is 20.3 Å². The van der Waals surface area contributed by atoms with Gasteiger partial charge in [-0.25, -0.2) is 0 Å². The maximum atomic E-state index is 12.1. The highest BCUT2D eigenvalue weighted by molar-refractivity contribution is 5.94. The minimum atomic E-state index is 0.0572. The van der Waals surface area contributed by atoms with Crippen LogP contribution in [0.1, 0.15) is 31.9 Å². The lowest BCUT2D eigenvalue weighted by Crippen LogP contribution is -2.43. The number of ether oxygens (including phenoxy) is 2. The molecule has 1 N–H and O–H groups in total. The van der Waals surface area contributed by atoms with Crippen LogP contribution in [0.25, 0.3) is 0 Å². The van der Waals surface area contributed by atoms with E-state index in [1.54, 1.807) is 21.1 Å². The second-order valence-electron chi connectivity index (χ2n) is 6.32. The SMILES string of the molecule is COc1ccc(NC2C[C@@H](C)N(C(C)=O)c3ccc(OC)cc32)cc1. The molecule has 0 bridgehead atoms. The van der Waals surface area contributed by atoms with Gasteiger partial charge in [-0.2, -0.15) is 0 Å². The molecule has 0 fully saturated rings. The fourth-order valence-electron chi connectivity index (χ4n) is 3.47. The fraction of sp³-hybridized carbons (Fsp3) is 0.350. The third kappa shape index (κ3) is 3.40. The summed E-state index contributed by atoms with van der Waals surface area (Å²) in [6, 6.07) is 14.0. The summed E-state index contributed by atoms with van der Waals surface area (Å²) in [4.78, 5) is 14.0. The van der Waals surface area contributed by atoms with Crippen LogP contribution in [0.5, 0.6) is 11.5 Å². The lowest BCUT2D eigenvalue weighted by Gasteiger charge is -2.39. The number of carbonyl (C=O) groups excluding carboxylic acids is 1. The van der Waals surface area contributed by atoms with E-state index in [1.165, 1.54) is 0 Å². The van der Waals surface area contributed by atoms with Crippen LogP contribution in [0.4, 0.5) is 11.4 Å². The standard InChI is InChI=1S/C20H24N2O3/c1-13-11-19(21-15-5-7-16(24-3)8-6-15)18-12-17(25-4)9-10-20(18)22(13)14(2)23/h5-10,12-13,19,21H,11H2,1-4H3/t13-,19?/m1/s1. The molecule has 1 heterocycles. The van der Waals surface area contributed by atoms with Crippen molar-refractivity contribution in [3.63, 3.8) is 0 Å². The van der Waals surface area contributed by atoms with E-state index in [2.05, 4.69) is 12.2 Å². The fourth-order valence-corrected chi connectivity index (χ4v) is 3.47. The molecule has 3 rings (SSSR count). The van der Waals surface area contributed by atoms with E-state index < -0.39 is 0 Å². The van der Waals surface area contributed by atoms with Crippen molar-refractivity contribution in [1.29, 1.82) is 0 Å². The maximum Gasteiger partial charge on any atom is 0.224 e. The molecule has 2 aromatic carbocycles. The Labute approximate surface area is 148 Å². The Kier molecular flexibility index (Phi) is 4.83. The molecule has 2 aromatic rings. The summed E-state index contributed by atoms with van der Waals surface area (Å²) in [5.41, 5.74) is 3.03. The molecule has 1 aliphatic heterocycles. The second-order valence-corrected chi connectivity index (χ2v) is 6.32. The Balaban J connectivity index is 1.96. The number of anilines is 2. The van der Waals surface area contributed by atoms with Gasteiger partial charge in [0.25, 0.3) is 0 Å². The van der Waals surface area contributed by atoms with Crippen molar-refractivity contribution < 1.29 is 14.3 Å². The molecule has 1 aliphatic rings. The minimum Gasteiger partial charge on any atom is -0.497 e. The van der Waals surface area contributed by atoms with Crippen molar-refractivity contribution in [2.75, 3.05) is 24.4 Å². The third-order valence-corrected chi connectivity index (χ3v) is 4.66. The van der Waals surface area contributed by atoms with Crippen LogP contribution in [0.3, 0.4) is 0 Å². The summed E-state index contributed by atoms with van der Waals surface area (Å²) in [5, 5.41) is 3.58. The van der Waals surface area contributed by atoms with Gasteiger partial charge in [-0.1, -0.05) is 0 Å². The minimum absolute atomic E-state index is 0.0572. The summed E-state index contributed by atoms with van der Waals surface area (Å²) in [6.07, 6.45) is 0.825. The summed E-state index contributed by atoms with van der Waals surface area (Å²) in [5.74, 6) is 1.67. The van der Waals surface area contributed by atoms with E-state index in [4.69, 9.17) is 9.47 Å². The van der Waals surface area contributed by atoms with Crippen molar-refractivity contribution in [3.05, 3.63) is 48.0 Å². The number of amides is 1. The highest BCUT2D eigenvalue weighted by Crippen LogP contribution is 2.40. The lowest BCUT2D eigenvalue weighted by atomic mass is 9.91. The molecule has 0 aromatic heterocycles. The topological polar surface area (TPSA) is 50.8 Å². The normalized spacial score (nSPS) is 19.1. The van der Waals surface area contributed by atoms with Gasteiger partial charge in [0.1, 0.15) is 11.5 Å². The predicted molar refractivity (Wildman–Crippen MR) is 99.6 cm³/mol. The van der Waals surface area contributed by atoms with Gasteiger partial charge < -0.3 is 19.7 Å². The van der Waals surface area contributed by atoms with E-state index >= 15 is 0 Å². The molecule has 0 radical (unpaired) electrons. The molecule has 0 saturated carbocycles. The molecule has 25 heavy (non-hydrogen) atoms. The quantitative estimate of drug-likeness (QED) is 0.914.